The number of carbonyl (C=O) groups is 1. The Morgan fingerprint density at radius 1 is 1.15 bits per heavy atom. The Morgan fingerprint density at radius 3 is 2.54 bits per heavy atom. The van der Waals surface area contributed by atoms with Crippen molar-refractivity contribution in [2.24, 2.45) is 4.99 Å². The molecule has 39 heavy (non-hydrogen) atoms. The maximum atomic E-state index is 14.1. The number of esters is 1. The summed E-state index contributed by atoms with van der Waals surface area (Å²) in [5.74, 6) is -0.0800. The molecule has 0 radical (unpaired) electrons. The van der Waals surface area contributed by atoms with Crippen LogP contribution in [0.15, 0.2) is 82.2 Å². The first-order valence-electron chi connectivity index (χ1n) is 13.2. The third-order valence-electron chi connectivity index (χ3n) is 7.30. The zero-order valence-electron chi connectivity index (χ0n) is 23.0. The molecular formula is C32H33N3O3S. The van der Waals surface area contributed by atoms with Crippen LogP contribution in [-0.2, 0) is 16.1 Å². The van der Waals surface area contributed by atoms with E-state index in [-0.39, 0.29) is 12.2 Å². The van der Waals surface area contributed by atoms with Crippen LogP contribution in [0.3, 0.4) is 0 Å². The molecule has 0 aliphatic carbocycles. The number of hydrogen-bond donors (Lipinski definition) is 0. The number of allylic oxidation sites excluding steroid dienone is 2. The highest BCUT2D eigenvalue weighted by atomic mass is 32.1. The van der Waals surface area contributed by atoms with Gasteiger partial charge in [0.05, 0.1) is 28.5 Å². The topological polar surface area (TPSA) is 65.6 Å². The van der Waals surface area contributed by atoms with Gasteiger partial charge in [0.15, 0.2) is 4.80 Å². The second kappa shape index (κ2) is 10.7. The maximum Gasteiger partial charge on any atom is 0.338 e. The van der Waals surface area contributed by atoms with Crippen LogP contribution >= 0.6 is 11.3 Å². The van der Waals surface area contributed by atoms with Crippen LogP contribution in [0.25, 0.3) is 17.0 Å². The second-order valence-corrected chi connectivity index (χ2v) is 11.0. The molecule has 0 N–H and O–H groups in total. The minimum absolute atomic E-state index is 0.175. The normalized spacial score (nSPS) is 15.5. The van der Waals surface area contributed by atoms with E-state index in [0.29, 0.717) is 33.1 Å². The fraction of sp³-hybridized carbons (Fsp3) is 0.281. The molecule has 6 nitrogen and oxygen atoms in total. The molecule has 1 aliphatic rings. The first kappa shape index (κ1) is 26.6. The fourth-order valence-corrected chi connectivity index (χ4v) is 6.33. The quantitative estimate of drug-likeness (QED) is 0.234. The molecule has 2 aromatic carbocycles. The highest BCUT2D eigenvalue weighted by Gasteiger charge is 2.33. The Bertz CT molecular complexity index is 1800. The number of thiazole rings is 1. The summed E-state index contributed by atoms with van der Waals surface area (Å²) in [5, 5.41) is 1.08. The lowest BCUT2D eigenvalue weighted by Crippen LogP contribution is -2.40. The molecule has 1 atom stereocenters. The number of hydrogen-bond acceptors (Lipinski definition) is 5. The first-order chi connectivity index (χ1) is 18.8. The molecule has 0 amide bonds. The van der Waals surface area contributed by atoms with Gasteiger partial charge in [0.2, 0.25) is 0 Å². The third-order valence-corrected chi connectivity index (χ3v) is 8.29. The van der Waals surface area contributed by atoms with Crippen molar-refractivity contribution in [3.63, 3.8) is 0 Å². The molecule has 7 heteroatoms. The summed E-state index contributed by atoms with van der Waals surface area (Å²) >= 11 is 1.35. The van der Waals surface area contributed by atoms with E-state index in [0.717, 1.165) is 27.7 Å². The Hall–Kier alpha value is -3.97. The number of nitrogens with zero attached hydrogens (tertiary/aromatic N) is 3. The summed E-state index contributed by atoms with van der Waals surface area (Å²) in [7, 11) is 0. The number of benzene rings is 2. The molecule has 1 aliphatic heterocycles. The molecule has 0 saturated carbocycles. The summed E-state index contributed by atoms with van der Waals surface area (Å²) in [6, 6.07) is 15.7. The van der Waals surface area contributed by atoms with Gasteiger partial charge in [-0.05, 0) is 50.0 Å². The van der Waals surface area contributed by atoms with E-state index < -0.39 is 12.0 Å². The number of rotatable bonds is 7. The number of fused-ring (bicyclic) bond motifs is 2. The number of carbonyl (C=O) groups excluding carboxylic acids is 1. The molecule has 5 rings (SSSR count). The zero-order chi connectivity index (χ0) is 27.8. The fourth-order valence-electron chi connectivity index (χ4n) is 5.31. The Balaban J connectivity index is 1.75. The average Bonchev–Trinajstić information content (AvgIpc) is 3.37. The van der Waals surface area contributed by atoms with E-state index >= 15 is 0 Å². The van der Waals surface area contributed by atoms with Gasteiger partial charge in [-0.2, -0.15) is 0 Å². The lowest BCUT2D eigenvalue weighted by atomic mass is 9.93. The number of para-hydroxylation sites is 1. The smallest absolute Gasteiger partial charge is 0.338 e. The van der Waals surface area contributed by atoms with Gasteiger partial charge in [-0.15, -0.1) is 6.58 Å². The van der Waals surface area contributed by atoms with Crippen LogP contribution in [0.4, 0.5) is 0 Å². The van der Waals surface area contributed by atoms with Gasteiger partial charge in [0.25, 0.3) is 5.56 Å². The van der Waals surface area contributed by atoms with Crippen LogP contribution in [-0.4, -0.2) is 21.7 Å². The largest absolute Gasteiger partial charge is 0.463 e. The van der Waals surface area contributed by atoms with Crippen LogP contribution in [0, 0.1) is 6.92 Å². The van der Waals surface area contributed by atoms with Crippen molar-refractivity contribution in [3.05, 3.63) is 115 Å². The van der Waals surface area contributed by atoms with Gasteiger partial charge in [-0.3, -0.25) is 9.36 Å². The van der Waals surface area contributed by atoms with E-state index in [1.165, 1.54) is 16.9 Å². The molecular weight excluding hydrogens is 506 g/mol. The maximum absolute atomic E-state index is 14.1. The minimum atomic E-state index is -0.619. The van der Waals surface area contributed by atoms with Gasteiger partial charge in [-0.25, -0.2) is 9.79 Å². The van der Waals surface area contributed by atoms with E-state index in [9.17, 15) is 9.59 Å². The SMILES string of the molecule is C=CCn1c(C)c(/C=c2/sc3n(c2=O)[C@H](c2ccc(C(C)C)cc2)C(C(=O)OCC)=C(C)N=3)c2ccccc21. The molecule has 0 bridgehead atoms. The molecule has 200 valence electrons. The van der Waals surface area contributed by atoms with Crippen LogP contribution < -0.4 is 14.9 Å². The van der Waals surface area contributed by atoms with Crippen molar-refractivity contribution in [2.45, 2.75) is 53.1 Å². The predicted molar refractivity (Wildman–Crippen MR) is 158 cm³/mol. The van der Waals surface area contributed by atoms with Crippen molar-refractivity contribution in [2.75, 3.05) is 6.61 Å². The van der Waals surface area contributed by atoms with Crippen LogP contribution in [0.1, 0.15) is 62.0 Å². The van der Waals surface area contributed by atoms with Crippen molar-refractivity contribution in [3.8, 4) is 0 Å². The van der Waals surface area contributed by atoms with Crippen LogP contribution in [0.5, 0.6) is 0 Å². The summed E-state index contributed by atoms with van der Waals surface area (Å²) in [6.07, 6.45) is 3.84. The standard InChI is InChI=1S/C32H33N3O3S/c1-7-17-34-21(6)25(24-11-9-10-12-26(24)34)18-27-30(36)35-29(23-15-13-22(14-16-23)19(3)4)28(31(37)38-8-2)20(5)33-32(35)39-27/h7,9-16,18-19,29H,1,8,17H2,2-6H3/b27-18+/t29-/m1/s1. The zero-order valence-corrected chi connectivity index (χ0v) is 23.8. The summed E-state index contributed by atoms with van der Waals surface area (Å²) < 4.78 is 9.85. The molecule has 0 unspecified atom stereocenters. The monoisotopic (exact) mass is 539 g/mol. The minimum Gasteiger partial charge on any atom is -0.463 e. The second-order valence-electron chi connectivity index (χ2n) is 10.0. The first-order valence-corrected chi connectivity index (χ1v) is 14.1. The van der Waals surface area contributed by atoms with Crippen molar-refractivity contribution in [1.82, 2.24) is 9.13 Å². The average molecular weight is 540 g/mol. The summed E-state index contributed by atoms with van der Waals surface area (Å²) in [5.41, 5.74) is 5.98. The van der Waals surface area contributed by atoms with E-state index in [1.807, 2.05) is 43.3 Å². The number of ether oxygens (including phenoxy) is 1. The number of aromatic nitrogens is 2. The molecule has 0 spiro atoms. The van der Waals surface area contributed by atoms with E-state index in [1.54, 1.807) is 11.5 Å². The Morgan fingerprint density at radius 2 is 1.87 bits per heavy atom. The van der Waals surface area contributed by atoms with Gasteiger partial charge in [0.1, 0.15) is 0 Å². The Kier molecular flexibility index (Phi) is 7.28. The lowest BCUT2D eigenvalue weighted by molar-refractivity contribution is -0.139. The summed E-state index contributed by atoms with van der Waals surface area (Å²) in [6.45, 7) is 14.8. The molecule has 0 saturated heterocycles. The van der Waals surface area contributed by atoms with Gasteiger partial charge in [0, 0.05) is 28.7 Å². The predicted octanol–water partition coefficient (Wildman–Crippen LogP) is 5.37. The van der Waals surface area contributed by atoms with Gasteiger partial charge >= 0.3 is 5.97 Å². The molecule has 2 aromatic heterocycles. The van der Waals surface area contributed by atoms with Gasteiger partial charge in [-0.1, -0.05) is 73.7 Å². The van der Waals surface area contributed by atoms with E-state index in [4.69, 9.17) is 9.73 Å². The van der Waals surface area contributed by atoms with Crippen molar-refractivity contribution < 1.29 is 9.53 Å². The molecule has 0 fully saturated rings. The third kappa shape index (κ3) is 4.61. The van der Waals surface area contributed by atoms with Crippen molar-refractivity contribution in [1.29, 1.82) is 0 Å². The highest BCUT2D eigenvalue weighted by molar-refractivity contribution is 7.07. The van der Waals surface area contributed by atoms with Crippen LogP contribution in [0.2, 0.25) is 0 Å². The lowest BCUT2D eigenvalue weighted by Gasteiger charge is -2.25. The Labute approximate surface area is 231 Å². The molecule has 4 aromatic rings. The van der Waals surface area contributed by atoms with E-state index in [2.05, 4.69) is 56.2 Å². The summed E-state index contributed by atoms with van der Waals surface area (Å²) in [4.78, 5) is 32.5. The van der Waals surface area contributed by atoms with Crippen molar-refractivity contribution >= 4 is 34.3 Å². The highest BCUT2D eigenvalue weighted by Crippen LogP contribution is 2.32. The molecule has 3 heterocycles. The van der Waals surface area contributed by atoms with Gasteiger partial charge < -0.3 is 9.30 Å².